The topological polar surface area (TPSA) is 51.2 Å². The van der Waals surface area contributed by atoms with Crippen LogP contribution in [0.15, 0.2) is 65.5 Å². The second kappa shape index (κ2) is 5.13. The van der Waals surface area contributed by atoms with E-state index in [0.717, 1.165) is 22.5 Å². The molecule has 0 aliphatic heterocycles. The molecule has 0 saturated heterocycles. The maximum Gasteiger partial charge on any atom is 0.0980 e. The standard InChI is InChI=1S/C17H16N2O/c1-12-3-2-4-15(9-12)19-17-6-5-13(10-16(17)18)14-7-8-20-11-14/h2-11,19H,18H2,1H3. The van der Waals surface area contributed by atoms with E-state index < -0.39 is 0 Å². The molecule has 2 aromatic carbocycles. The summed E-state index contributed by atoms with van der Waals surface area (Å²) in [6.45, 7) is 2.07. The van der Waals surface area contributed by atoms with Gasteiger partial charge in [-0.1, -0.05) is 18.2 Å². The van der Waals surface area contributed by atoms with Gasteiger partial charge < -0.3 is 15.5 Å². The van der Waals surface area contributed by atoms with Gasteiger partial charge in [0.05, 0.1) is 23.9 Å². The van der Waals surface area contributed by atoms with Crippen LogP contribution in [-0.4, -0.2) is 0 Å². The van der Waals surface area contributed by atoms with Crippen molar-refractivity contribution in [2.75, 3.05) is 11.1 Å². The van der Waals surface area contributed by atoms with Crippen LogP contribution in [0.25, 0.3) is 11.1 Å². The van der Waals surface area contributed by atoms with E-state index in [-0.39, 0.29) is 0 Å². The molecule has 20 heavy (non-hydrogen) atoms. The SMILES string of the molecule is Cc1cccc(Nc2ccc(-c3ccoc3)cc2N)c1. The minimum absolute atomic E-state index is 0.713. The summed E-state index contributed by atoms with van der Waals surface area (Å²) < 4.78 is 5.09. The van der Waals surface area contributed by atoms with Crippen molar-refractivity contribution in [1.82, 2.24) is 0 Å². The average molecular weight is 264 g/mol. The van der Waals surface area contributed by atoms with E-state index >= 15 is 0 Å². The maximum absolute atomic E-state index is 6.12. The minimum atomic E-state index is 0.713. The van der Waals surface area contributed by atoms with E-state index in [1.165, 1.54) is 5.56 Å². The lowest BCUT2D eigenvalue weighted by molar-refractivity contribution is 0.568. The van der Waals surface area contributed by atoms with Crippen LogP contribution in [0.2, 0.25) is 0 Å². The number of rotatable bonds is 3. The second-order valence-corrected chi connectivity index (χ2v) is 4.81. The van der Waals surface area contributed by atoms with Crippen LogP contribution in [0.4, 0.5) is 17.1 Å². The van der Waals surface area contributed by atoms with Gasteiger partial charge in [-0.05, 0) is 48.4 Å². The number of anilines is 3. The monoisotopic (exact) mass is 264 g/mol. The molecule has 0 bridgehead atoms. The smallest absolute Gasteiger partial charge is 0.0980 e. The first-order valence-electron chi connectivity index (χ1n) is 6.48. The van der Waals surface area contributed by atoms with Crippen molar-refractivity contribution >= 4 is 17.1 Å². The highest BCUT2D eigenvalue weighted by Crippen LogP contribution is 2.29. The lowest BCUT2D eigenvalue weighted by Crippen LogP contribution is -1.96. The summed E-state index contributed by atoms with van der Waals surface area (Å²) in [5.74, 6) is 0. The van der Waals surface area contributed by atoms with Crippen LogP contribution in [0.5, 0.6) is 0 Å². The van der Waals surface area contributed by atoms with E-state index in [1.54, 1.807) is 12.5 Å². The molecule has 0 unspecified atom stereocenters. The molecular formula is C17H16N2O. The summed E-state index contributed by atoms with van der Waals surface area (Å²) in [7, 11) is 0. The Bertz CT molecular complexity index is 718. The van der Waals surface area contributed by atoms with Gasteiger partial charge in [-0.2, -0.15) is 0 Å². The van der Waals surface area contributed by atoms with Gasteiger partial charge in [0.1, 0.15) is 0 Å². The van der Waals surface area contributed by atoms with E-state index in [2.05, 4.69) is 24.4 Å². The predicted octanol–water partition coefficient (Wildman–Crippen LogP) is 4.58. The fraction of sp³-hybridized carbons (Fsp3) is 0.0588. The summed E-state index contributed by atoms with van der Waals surface area (Å²) in [6, 6.07) is 16.1. The lowest BCUT2D eigenvalue weighted by atomic mass is 10.1. The molecule has 1 heterocycles. The van der Waals surface area contributed by atoms with Crippen LogP contribution in [0, 0.1) is 6.92 Å². The highest BCUT2D eigenvalue weighted by Gasteiger charge is 2.04. The van der Waals surface area contributed by atoms with E-state index in [4.69, 9.17) is 10.2 Å². The third-order valence-electron chi connectivity index (χ3n) is 3.20. The number of benzene rings is 2. The van der Waals surface area contributed by atoms with Gasteiger partial charge in [0.2, 0.25) is 0 Å². The molecule has 0 atom stereocenters. The summed E-state index contributed by atoms with van der Waals surface area (Å²) in [5, 5.41) is 3.34. The molecule has 3 rings (SSSR count). The van der Waals surface area contributed by atoms with Crippen molar-refractivity contribution < 1.29 is 4.42 Å². The van der Waals surface area contributed by atoms with Crippen molar-refractivity contribution in [3.63, 3.8) is 0 Å². The predicted molar refractivity (Wildman–Crippen MR) is 83.0 cm³/mol. The van der Waals surface area contributed by atoms with Crippen molar-refractivity contribution in [3.8, 4) is 11.1 Å². The summed E-state index contributed by atoms with van der Waals surface area (Å²) in [6.07, 6.45) is 3.37. The van der Waals surface area contributed by atoms with Gasteiger partial charge in [-0.25, -0.2) is 0 Å². The Morgan fingerprint density at radius 1 is 1.00 bits per heavy atom. The minimum Gasteiger partial charge on any atom is -0.472 e. The molecule has 3 nitrogen and oxygen atoms in total. The van der Waals surface area contributed by atoms with Gasteiger partial charge in [0.25, 0.3) is 0 Å². The molecule has 100 valence electrons. The van der Waals surface area contributed by atoms with E-state index in [1.807, 2.05) is 36.4 Å². The Kier molecular flexibility index (Phi) is 3.17. The van der Waals surface area contributed by atoms with Gasteiger partial charge >= 0.3 is 0 Å². The molecule has 3 heteroatoms. The Balaban J connectivity index is 1.88. The second-order valence-electron chi connectivity index (χ2n) is 4.81. The zero-order valence-corrected chi connectivity index (χ0v) is 11.3. The fourth-order valence-corrected chi connectivity index (χ4v) is 2.16. The van der Waals surface area contributed by atoms with Crippen LogP contribution in [-0.2, 0) is 0 Å². The fourth-order valence-electron chi connectivity index (χ4n) is 2.16. The van der Waals surface area contributed by atoms with Crippen molar-refractivity contribution in [2.45, 2.75) is 6.92 Å². The Morgan fingerprint density at radius 3 is 2.60 bits per heavy atom. The normalized spacial score (nSPS) is 10.4. The molecule has 0 amide bonds. The van der Waals surface area contributed by atoms with E-state index in [9.17, 15) is 0 Å². The number of nitrogens with two attached hydrogens (primary N) is 1. The number of aryl methyl sites for hydroxylation is 1. The van der Waals surface area contributed by atoms with Gasteiger partial charge in [-0.3, -0.25) is 0 Å². The molecule has 1 aromatic heterocycles. The number of furan rings is 1. The molecule has 0 saturated carbocycles. The number of hydrogen-bond acceptors (Lipinski definition) is 3. The molecule has 0 radical (unpaired) electrons. The van der Waals surface area contributed by atoms with Gasteiger partial charge in [0, 0.05) is 11.3 Å². The first-order valence-corrected chi connectivity index (χ1v) is 6.48. The Morgan fingerprint density at radius 2 is 1.90 bits per heavy atom. The first-order chi connectivity index (χ1) is 9.72. The van der Waals surface area contributed by atoms with Crippen LogP contribution in [0.1, 0.15) is 5.56 Å². The van der Waals surface area contributed by atoms with Gasteiger partial charge in [-0.15, -0.1) is 0 Å². The molecule has 0 fully saturated rings. The lowest BCUT2D eigenvalue weighted by Gasteiger charge is -2.11. The van der Waals surface area contributed by atoms with Crippen molar-refractivity contribution in [1.29, 1.82) is 0 Å². The number of nitrogen functional groups attached to an aromatic ring is 1. The van der Waals surface area contributed by atoms with E-state index in [0.29, 0.717) is 5.69 Å². The zero-order valence-electron chi connectivity index (χ0n) is 11.3. The molecule has 3 aromatic rings. The largest absolute Gasteiger partial charge is 0.472 e. The quantitative estimate of drug-likeness (QED) is 0.681. The zero-order chi connectivity index (χ0) is 13.9. The van der Waals surface area contributed by atoms with Crippen molar-refractivity contribution in [2.24, 2.45) is 0 Å². The Labute approximate surface area is 118 Å². The summed E-state index contributed by atoms with van der Waals surface area (Å²) in [4.78, 5) is 0. The summed E-state index contributed by atoms with van der Waals surface area (Å²) in [5.41, 5.74) is 12.1. The Hall–Kier alpha value is -2.68. The maximum atomic E-state index is 6.12. The number of nitrogens with one attached hydrogen (secondary N) is 1. The molecule has 0 aliphatic rings. The van der Waals surface area contributed by atoms with Crippen LogP contribution in [0.3, 0.4) is 0 Å². The summed E-state index contributed by atoms with van der Waals surface area (Å²) >= 11 is 0. The van der Waals surface area contributed by atoms with Gasteiger partial charge in [0.15, 0.2) is 0 Å². The third kappa shape index (κ3) is 2.52. The molecule has 3 N–H and O–H groups in total. The highest BCUT2D eigenvalue weighted by atomic mass is 16.3. The highest BCUT2D eigenvalue weighted by molar-refractivity contribution is 5.78. The van der Waals surface area contributed by atoms with Crippen molar-refractivity contribution in [3.05, 3.63) is 66.6 Å². The average Bonchev–Trinajstić information content (AvgIpc) is 2.95. The first kappa shape index (κ1) is 12.4. The van der Waals surface area contributed by atoms with Crippen LogP contribution < -0.4 is 11.1 Å². The molecule has 0 aliphatic carbocycles. The molecule has 0 spiro atoms. The van der Waals surface area contributed by atoms with Crippen LogP contribution >= 0.6 is 0 Å². The molecular weight excluding hydrogens is 248 g/mol. The third-order valence-corrected chi connectivity index (χ3v) is 3.20. The number of hydrogen-bond donors (Lipinski definition) is 2.